The third-order valence-corrected chi connectivity index (χ3v) is 3.41. The maximum atomic E-state index is 5.93. The number of nitrogens with zero attached hydrogens (tertiary/aromatic N) is 1. The van der Waals surface area contributed by atoms with E-state index in [1.165, 1.54) is 5.56 Å². The standard InChI is InChI=1S/C14H12ClN3/c1-8-6-17-14-11(8)4-10(7-18-14)9-2-3-12(15)13(16)5-9/h2-7H,16H2,1H3,(H,17,18). The van der Waals surface area contributed by atoms with E-state index >= 15 is 0 Å². The van der Waals surface area contributed by atoms with Gasteiger partial charge in [0.2, 0.25) is 0 Å². The number of hydrogen-bond donors (Lipinski definition) is 2. The summed E-state index contributed by atoms with van der Waals surface area (Å²) in [7, 11) is 0. The van der Waals surface area contributed by atoms with Crippen molar-refractivity contribution >= 4 is 28.3 Å². The summed E-state index contributed by atoms with van der Waals surface area (Å²) in [5.41, 5.74) is 10.5. The summed E-state index contributed by atoms with van der Waals surface area (Å²) in [6, 6.07) is 7.73. The van der Waals surface area contributed by atoms with Crippen LogP contribution < -0.4 is 5.73 Å². The predicted molar refractivity (Wildman–Crippen MR) is 75.7 cm³/mol. The normalized spacial score (nSPS) is 11.0. The lowest BCUT2D eigenvalue weighted by Gasteiger charge is -2.04. The maximum Gasteiger partial charge on any atom is 0.137 e. The molecule has 0 aliphatic carbocycles. The van der Waals surface area contributed by atoms with Crippen molar-refractivity contribution in [3.05, 3.63) is 47.2 Å². The number of aromatic nitrogens is 2. The van der Waals surface area contributed by atoms with Crippen molar-refractivity contribution in [1.82, 2.24) is 9.97 Å². The molecular weight excluding hydrogens is 246 g/mol. The zero-order valence-corrected chi connectivity index (χ0v) is 10.6. The van der Waals surface area contributed by atoms with E-state index in [0.29, 0.717) is 10.7 Å². The van der Waals surface area contributed by atoms with E-state index in [-0.39, 0.29) is 0 Å². The number of halogens is 1. The molecule has 1 aromatic carbocycles. The molecule has 0 spiro atoms. The minimum absolute atomic E-state index is 0.575. The van der Waals surface area contributed by atoms with Crippen LogP contribution in [0, 0.1) is 6.92 Å². The van der Waals surface area contributed by atoms with Gasteiger partial charge < -0.3 is 10.7 Å². The number of H-pyrrole nitrogens is 1. The van der Waals surface area contributed by atoms with Crippen molar-refractivity contribution in [2.75, 3.05) is 5.73 Å². The van der Waals surface area contributed by atoms with Crippen molar-refractivity contribution in [1.29, 1.82) is 0 Å². The van der Waals surface area contributed by atoms with Gasteiger partial charge in [-0.1, -0.05) is 17.7 Å². The summed E-state index contributed by atoms with van der Waals surface area (Å²) >= 11 is 5.93. The number of nitrogen functional groups attached to an aromatic ring is 1. The van der Waals surface area contributed by atoms with E-state index in [1.54, 1.807) is 6.07 Å². The first-order valence-corrected chi connectivity index (χ1v) is 6.02. The minimum atomic E-state index is 0.575. The van der Waals surface area contributed by atoms with Gasteiger partial charge in [0.05, 0.1) is 10.7 Å². The molecule has 3 nitrogen and oxygen atoms in total. The molecule has 0 unspecified atom stereocenters. The van der Waals surface area contributed by atoms with E-state index < -0.39 is 0 Å². The Labute approximate surface area is 110 Å². The molecule has 0 atom stereocenters. The average molecular weight is 258 g/mol. The average Bonchev–Trinajstić information content (AvgIpc) is 2.74. The smallest absolute Gasteiger partial charge is 0.137 e. The molecule has 0 aliphatic rings. The number of aryl methyl sites for hydroxylation is 1. The fourth-order valence-electron chi connectivity index (χ4n) is 2.02. The van der Waals surface area contributed by atoms with E-state index in [9.17, 15) is 0 Å². The van der Waals surface area contributed by atoms with Crippen molar-refractivity contribution in [3.63, 3.8) is 0 Å². The van der Waals surface area contributed by atoms with Crippen LogP contribution in [0.4, 0.5) is 5.69 Å². The summed E-state index contributed by atoms with van der Waals surface area (Å²) in [5.74, 6) is 0. The zero-order valence-electron chi connectivity index (χ0n) is 9.87. The van der Waals surface area contributed by atoms with Crippen LogP contribution in [0.3, 0.4) is 0 Å². The van der Waals surface area contributed by atoms with Crippen LogP contribution in [0.2, 0.25) is 5.02 Å². The maximum absolute atomic E-state index is 5.93. The van der Waals surface area contributed by atoms with Crippen LogP contribution in [-0.2, 0) is 0 Å². The Morgan fingerprint density at radius 2 is 2.06 bits per heavy atom. The van der Waals surface area contributed by atoms with E-state index in [4.69, 9.17) is 17.3 Å². The Balaban J connectivity index is 2.18. The Bertz CT molecular complexity index is 731. The molecule has 18 heavy (non-hydrogen) atoms. The summed E-state index contributed by atoms with van der Waals surface area (Å²) in [6.07, 6.45) is 3.79. The number of benzene rings is 1. The number of nitrogens with two attached hydrogens (primary N) is 1. The monoisotopic (exact) mass is 257 g/mol. The number of hydrogen-bond acceptors (Lipinski definition) is 2. The molecule has 90 valence electrons. The number of anilines is 1. The molecule has 3 N–H and O–H groups in total. The van der Waals surface area contributed by atoms with Crippen LogP contribution in [0.25, 0.3) is 22.2 Å². The molecule has 0 radical (unpaired) electrons. The molecule has 0 bridgehead atoms. The molecule has 3 rings (SSSR count). The highest BCUT2D eigenvalue weighted by Gasteiger charge is 2.05. The van der Waals surface area contributed by atoms with Crippen LogP contribution in [0.5, 0.6) is 0 Å². The van der Waals surface area contributed by atoms with Gasteiger partial charge in [0, 0.05) is 23.3 Å². The van der Waals surface area contributed by atoms with Gasteiger partial charge in [-0.15, -0.1) is 0 Å². The number of pyridine rings is 1. The summed E-state index contributed by atoms with van der Waals surface area (Å²) in [6.45, 7) is 2.06. The first kappa shape index (κ1) is 11.1. The largest absolute Gasteiger partial charge is 0.398 e. The molecule has 4 heteroatoms. The van der Waals surface area contributed by atoms with Crippen LogP contribution in [-0.4, -0.2) is 9.97 Å². The highest BCUT2D eigenvalue weighted by molar-refractivity contribution is 6.33. The topological polar surface area (TPSA) is 54.7 Å². The molecular formula is C14H12ClN3. The van der Waals surface area contributed by atoms with Crippen molar-refractivity contribution in [2.45, 2.75) is 6.92 Å². The highest BCUT2D eigenvalue weighted by atomic mass is 35.5. The van der Waals surface area contributed by atoms with Crippen LogP contribution in [0.1, 0.15) is 5.56 Å². The number of nitrogens with one attached hydrogen (secondary N) is 1. The first-order valence-electron chi connectivity index (χ1n) is 5.64. The third kappa shape index (κ3) is 1.73. The number of rotatable bonds is 1. The number of fused-ring (bicyclic) bond motifs is 1. The van der Waals surface area contributed by atoms with Gasteiger partial charge in [-0.2, -0.15) is 0 Å². The molecule has 0 saturated heterocycles. The second kappa shape index (κ2) is 4.03. The Morgan fingerprint density at radius 3 is 2.83 bits per heavy atom. The summed E-state index contributed by atoms with van der Waals surface area (Å²) < 4.78 is 0. The fraction of sp³-hybridized carbons (Fsp3) is 0.0714. The van der Waals surface area contributed by atoms with Crippen LogP contribution in [0.15, 0.2) is 36.7 Å². The summed E-state index contributed by atoms with van der Waals surface area (Å²) in [4.78, 5) is 7.53. The Kier molecular flexibility index (Phi) is 2.49. The molecule has 0 aliphatic heterocycles. The van der Waals surface area contributed by atoms with E-state index in [0.717, 1.165) is 22.2 Å². The van der Waals surface area contributed by atoms with Gasteiger partial charge >= 0.3 is 0 Å². The minimum Gasteiger partial charge on any atom is -0.398 e. The highest BCUT2D eigenvalue weighted by Crippen LogP contribution is 2.28. The zero-order chi connectivity index (χ0) is 12.7. The SMILES string of the molecule is Cc1c[nH]c2ncc(-c3ccc(Cl)c(N)c3)cc12. The molecule has 2 heterocycles. The van der Waals surface area contributed by atoms with E-state index in [2.05, 4.69) is 23.0 Å². The second-order valence-electron chi connectivity index (χ2n) is 4.33. The lowest BCUT2D eigenvalue weighted by Crippen LogP contribution is -1.88. The molecule has 0 fully saturated rings. The van der Waals surface area contributed by atoms with Crippen molar-refractivity contribution < 1.29 is 0 Å². The molecule has 0 saturated carbocycles. The van der Waals surface area contributed by atoms with Gasteiger partial charge in [0.15, 0.2) is 0 Å². The molecule has 2 aromatic heterocycles. The van der Waals surface area contributed by atoms with Gasteiger partial charge in [-0.25, -0.2) is 4.98 Å². The Morgan fingerprint density at radius 1 is 1.22 bits per heavy atom. The molecule has 0 amide bonds. The first-order chi connectivity index (χ1) is 8.65. The fourth-order valence-corrected chi connectivity index (χ4v) is 2.13. The van der Waals surface area contributed by atoms with E-state index in [1.807, 2.05) is 24.5 Å². The predicted octanol–water partition coefficient (Wildman–Crippen LogP) is 3.77. The van der Waals surface area contributed by atoms with Crippen molar-refractivity contribution in [3.8, 4) is 11.1 Å². The van der Waals surface area contributed by atoms with Gasteiger partial charge in [0.1, 0.15) is 5.65 Å². The summed E-state index contributed by atoms with van der Waals surface area (Å²) in [5, 5.41) is 1.70. The number of aromatic amines is 1. The van der Waals surface area contributed by atoms with Crippen LogP contribution >= 0.6 is 11.6 Å². The van der Waals surface area contributed by atoms with Gasteiger partial charge in [-0.3, -0.25) is 0 Å². The van der Waals surface area contributed by atoms with Crippen molar-refractivity contribution in [2.24, 2.45) is 0 Å². The lowest BCUT2D eigenvalue weighted by atomic mass is 10.1. The lowest BCUT2D eigenvalue weighted by molar-refractivity contribution is 1.32. The van der Waals surface area contributed by atoms with Gasteiger partial charge in [-0.05, 0) is 36.2 Å². The second-order valence-corrected chi connectivity index (χ2v) is 4.74. The third-order valence-electron chi connectivity index (χ3n) is 3.07. The Hall–Kier alpha value is -2.00. The van der Waals surface area contributed by atoms with Gasteiger partial charge in [0.25, 0.3) is 0 Å². The molecule has 3 aromatic rings. The quantitative estimate of drug-likeness (QED) is 0.652.